The number of carbonyl (C=O) groups is 3. The third-order valence-corrected chi connectivity index (χ3v) is 5.45. The Kier molecular flexibility index (Phi) is 8.96. The molecule has 4 rings (SSSR count). The van der Waals surface area contributed by atoms with E-state index in [2.05, 4.69) is 15.8 Å². The van der Waals surface area contributed by atoms with E-state index in [4.69, 9.17) is 9.47 Å². The molecule has 0 saturated carbocycles. The van der Waals surface area contributed by atoms with Gasteiger partial charge in [0.05, 0.1) is 13.3 Å². The Morgan fingerprint density at radius 2 is 1.51 bits per heavy atom. The summed E-state index contributed by atoms with van der Waals surface area (Å²) in [5, 5.41) is 6.77. The molecular weight excluding hydrogens is 494 g/mol. The van der Waals surface area contributed by atoms with E-state index < -0.39 is 11.9 Å². The first-order chi connectivity index (χ1) is 19.0. The van der Waals surface area contributed by atoms with Crippen LogP contribution >= 0.6 is 0 Å². The Bertz CT molecular complexity index is 1510. The van der Waals surface area contributed by atoms with Gasteiger partial charge in [-0.25, -0.2) is 10.2 Å². The maximum Gasteiger partial charge on any atom is 0.336 e. The lowest BCUT2D eigenvalue weighted by atomic mass is 10.1. The van der Waals surface area contributed by atoms with Crippen molar-refractivity contribution >= 4 is 35.8 Å². The number of hydrogen-bond acceptors (Lipinski definition) is 6. The third-order valence-electron chi connectivity index (χ3n) is 5.45. The average molecular weight is 520 g/mol. The second-order valence-electron chi connectivity index (χ2n) is 8.17. The Labute approximate surface area is 225 Å². The number of ether oxygens (including phenoxy) is 2. The third kappa shape index (κ3) is 7.74. The zero-order chi connectivity index (χ0) is 27.5. The maximum atomic E-state index is 12.7. The van der Waals surface area contributed by atoms with E-state index in [1.165, 1.54) is 12.3 Å². The first-order valence-electron chi connectivity index (χ1n) is 11.9. The molecule has 4 aromatic rings. The van der Waals surface area contributed by atoms with Crippen LogP contribution in [0.1, 0.15) is 31.8 Å². The smallest absolute Gasteiger partial charge is 0.336 e. The van der Waals surface area contributed by atoms with E-state index >= 15 is 0 Å². The van der Waals surface area contributed by atoms with Gasteiger partial charge in [0.15, 0.2) is 0 Å². The van der Waals surface area contributed by atoms with Crippen LogP contribution in [0.2, 0.25) is 0 Å². The topological polar surface area (TPSA) is 106 Å². The van der Waals surface area contributed by atoms with Crippen LogP contribution in [0.3, 0.4) is 0 Å². The molecule has 0 bridgehead atoms. The number of hydrogen-bond donors (Lipinski definition) is 2. The highest BCUT2D eigenvalue weighted by Gasteiger charge is 2.10. The number of methoxy groups -OCH3 is 1. The lowest BCUT2D eigenvalue weighted by molar-refractivity contribution is -0.128. The van der Waals surface area contributed by atoms with Gasteiger partial charge in [0, 0.05) is 28.5 Å². The molecule has 0 aromatic heterocycles. The van der Waals surface area contributed by atoms with Gasteiger partial charge in [0.25, 0.3) is 11.8 Å². The molecule has 0 fully saturated rings. The van der Waals surface area contributed by atoms with Crippen LogP contribution in [0, 0.1) is 0 Å². The van der Waals surface area contributed by atoms with Crippen LogP contribution in [0.5, 0.6) is 11.5 Å². The molecule has 0 aliphatic rings. The van der Waals surface area contributed by atoms with E-state index in [-0.39, 0.29) is 5.91 Å². The molecular formula is C31H25N3O5. The first kappa shape index (κ1) is 26.6. The number of amides is 2. The van der Waals surface area contributed by atoms with Gasteiger partial charge in [-0.3, -0.25) is 9.59 Å². The molecule has 0 radical (unpaired) electrons. The second-order valence-corrected chi connectivity index (χ2v) is 8.17. The zero-order valence-corrected chi connectivity index (χ0v) is 21.0. The van der Waals surface area contributed by atoms with Crippen molar-refractivity contribution in [3.63, 3.8) is 0 Å². The molecule has 0 heterocycles. The molecule has 4 aromatic carbocycles. The fourth-order valence-electron chi connectivity index (χ4n) is 3.46. The summed E-state index contributed by atoms with van der Waals surface area (Å²) < 4.78 is 10.5. The summed E-state index contributed by atoms with van der Waals surface area (Å²) in [4.78, 5) is 37.5. The number of carbonyl (C=O) groups excluding carboxylic acids is 3. The highest BCUT2D eigenvalue weighted by molar-refractivity contribution is 6.05. The highest BCUT2D eigenvalue weighted by atomic mass is 16.5. The monoisotopic (exact) mass is 519 g/mol. The molecule has 39 heavy (non-hydrogen) atoms. The molecule has 0 saturated heterocycles. The van der Waals surface area contributed by atoms with E-state index in [9.17, 15) is 14.4 Å². The van der Waals surface area contributed by atoms with Gasteiger partial charge in [0.1, 0.15) is 11.5 Å². The van der Waals surface area contributed by atoms with Crippen molar-refractivity contribution in [1.29, 1.82) is 0 Å². The minimum absolute atomic E-state index is 0.293. The quantitative estimate of drug-likeness (QED) is 0.102. The normalized spacial score (nSPS) is 10.8. The molecule has 2 amide bonds. The predicted octanol–water partition coefficient (Wildman–Crippen LogP) is 5.33. The number of hydrazone groups is 1. The van der Waals surface area contributed by atoms with Gasteiger partial charge < -0.3 is 14.8 Å². The number of rotatable bonds is 9. The Morgan fingerprint density at radius 3 is 2.28 bits per heavy atom. The van der Waals surface area contributed by atoms with Crippen LogP contribution in [0.15, 0.2) is 114 Å². The SMILES string of the molecule is COc1ccc(C(=O)Nc2cccc(C(=O)NN=Cc3ccccc3OC(=O)/C=C/c3ccccc3)c2)cc1. The maximum absolute atomic E-state index is 12.7. The minimum atomic E-state index is -0.544. The fourth-order valence-corrected chi connectivity index (χ4v) is 3.46. The van der Waals surface area contributed by atoms with E-state index in [0.717, 1.165) is 5.56 Å². The molecule has 0 aliphatic carbocycles. The number of esters is 1. The zero-order valence-electron chi connectivity index (χ0n) is 21.0. The van der Waals surface area contributed by atoms with Crippen molar-refractivity contribution in [3.8, 4) is 11.5 Å². The lowest BCUT2D eigenvalue weighted by Crippen LogP contribution is -2.18. The number of benzene rings is 4. The molecule has 8 heteroatoms. The van der Waals surface area contributed by atoms with Gasteiger partial charge in [-0.05, 0) is 66.2 Å². The average Bonchev–Trinajstić information content (AvgIpc) is 2.97. The summed E-state index contributed by atoms with van der Waals surface area (Å²) in [6.07, 6.45) is 4.38. The van der Waals surface area contributed by atoms with Crippen molar-refractivity contribution in [2.24, 2.45) is 5.10 Å². The number of anilines is 1. The number of nitrogens with one attached hydrogen (secondary N) is 2. The summed E-state index contributed by atoms with van der Waals surface area (Å²) in [6, 6.07) is 29.4. The Hall–Kier alpha value is -5.50. The van der Waals surface area contributed by atoms with Gasteiger partial charge in [-0.2, -0.15) is 5.10 Å². The number of para-hydroxylation sites is 1. The Morgan fingerprint density at radius 1 is 0.769 bits per heavy atom. The lowest BCUT2D eigenvalue weighted by Gasteiger charge is -2.08. The van der Waals surface area contributed by atoms with E-state index in [0.29, 0.717) is 33.9 Å². The predicted molar refractivity (Wildman–Crippen MR) is 150 cm³/mol. The molecule has 0 unspecified atom stereocenters. The second kappa shape index (κ2) is 13.2. The molecule has 8 nitrogen and oxygen atoms in total. The van der Waals surface area contributed by atoms with Crippen molar-refractivity contribution in [2.75, 3.05) is 12.4 Å². The first-order valence-corrected chi connectivity index (χ1v) is 11.9. The molecule has 2 N–H and O–H groups in total. The van der Waals surface area contributed by atoms with Gasteiger partial charge in [0.2, 0.25) is 0 Å². The van der Waals surface area contributed by atoms with Crippen molar-refractivity contribution in [3.05, 3.63) is 131 Å². The summed E-state index contributed by atoms with van der Waals surface area (Å²) in [6.45, 7) is 0. The fraction of sp³-hybridized carbons (Fsp3) is 0.0323. The minimum Gasteiger partial charge on any atom is -0.497 e. The standard InChI is InChI=1S/C31H25N3O5/c1-38-27-17-15-23(16-18-27)30(36)33-26-12-7-11-24(20-26)31(37)34-32-21-25-10-5-6-13-28(25)39-29(35)19-14-22-8-3-2-4-9-22/h2-21H,1H3,(H,33,36)(H,34,37)/b19-14+,32-21?. The molecule has 194 valence electrons. The summed E-state index contributed by atoms with van der Waals surface area (Å²) in [7, 11) is 1.55. The van der Waals surface area contributed by atoms with E-state index in [1.54, 1.807) is 86.0 Å². The number of nitrogens with zero attached hydrogens (tertiary/aromatic N) is 1. The van der Waals surface area contributed by atoms with Crippen molar-refractivity contribution in [2.45, 2.75) is 0 Å². The van der Waals surface area contributed by atoms with Crippen LogP contribution in [-0.2, 0) is 4.79 Å². The van der Waals surface area contributed by atoms with Crippen LogP contribution in [0.25, 0.3) is 6.08 Å². The van der Waals surface area contributed by atoms with Crippen LogP contribution in [-0.4, -0.2) is 31.1 Å². The van der Waals surface area contributed by atoms with Crippen LogP contribution in [0.4, 0.5) is 5.69 Å². The molecule has 0 atom stereocenters. The van der Waals surface area contributed by atoms with E-state index in [1.807, 2.05) is 30.3 Å². The summed E-state index contributed by atoms with van der Waals surface area (Å²) in [5.41, 5.74) is 5.02. The summed E-state index contributed by atoms with van der Waals surface area (Å²) >= 11 is 0. The summed E-state index contributed by atoms with van der Waals surface area (Å²) in [5.74, 6) is -0.407. The molecule has 0 spiro atoms. The molecule has 0 aliphatic heterocycles. The van der Waals surface area contributed by atoms with Gasteiger partial charge in [-0.1, -0.05) is 48.5 Å². The largest absolute Gasteiger partial charge is 0.497 e. The van der Waals surface area contributed by atoms with Crippen molar-refractivity contribution < 1.29 is 23.9 Å². The van der Waals surface area contributed by atoms with Crippen molar-refractivity contribution in [1.82, 2.24) is 5.43 Å². The van der Waals surface area contributed by atoms with Crippen LogP contribution < -0.4 is 20.2 Å². The van der Waals surface area contributed by atoms with Gasteiger partial charge >= 0.3 is 5.97 Å². The van der Waals surface area contributed by atoms with Gasteiger partial charge in [-0.15, -0.1) is 0 Å². The Balaban J connectivity index is 1.36. The highest BCUT2D eigenvalue weighted by Crippen LogP contribution is 2.17.